The Labute approximate surface area is 98.7 Å². The molecule has 0 amide bonds. The van der Waals surface area contributed by atoms with E-state index in [-0.39, 0.29) is 0 Å². The van der Waals surface area contributed by atoms with Crippen molar-refractivity contribution in [2.24, 2.45) is 0 Å². The number of hydrogen-bond acceptors (Lipinski definition) is 8. The van der Waals surface area contributed by atoms with E-state index in [1.165, 1.54) is 25.2 Å². The molecule has 18 heavy (non-hydrogen) atoms. The van der Waals surface area contributed by atoms with E-state index in [1.54, 1.807) is 0 Å². The standard InChI is InChI=1S/C10H4N6O2/c1-5(8-10(16-13-1)12-4-17-8)7-9-6(2-14-15-7)11-3-18-9/h1-4H. The topological polar surface area (TPSA) is 104 Å². The summed E-state index contributed by atoms with van der Waals surface area (Å²) in [6.45, 7) is 0. The summed E-state index contributed by atoms with van der Waals surface area (Å²) in [7, 11) is 0. The van der Waals surface area contributed by atoms with Gasteiger partial charge in [-0.25, -0.2) is 4.98 Å². The summed E-state index contributed by atoms with van der Waals surface area (Å²) < 4.78 is 10.6. The van der Waals surface area contributed by atoms with Crippen molar-refractivity contribution in [1.29, 1.82) is 0 Å². The fraction of sp³-hybridized carbons (Fsp3) is 0. The lowest BCUT2D eigenvalue weighted by atomic mass is 10.2. The molecule has 0 N–H and O–H groups in total. The van der Waals surface area contributed by atoms with Gasteiger partial charge in [-0.05, 0) is 0 Å². The summed E-state index contributed by atoms with van der Waals surface area (Å²) in [6.07, 6.45) is 5.69. The van der Waals surface area contributed by atoms with E-state index < -0.39 is 0 Å². The van der Waals surface area contributed by atoms with Crippen LogP contribution in [0.3, 0.4) is 0 Å². The Morgan fingerprint density at radius 2 is 1.67 bits per heavy atom. The molecule has 4 aromatic rings. The van der Waals surface area contributed by atoms with E-state index in [0.29, 0.717) is 33.6 Å². The Balaban J connectivity index is 2.13. The van der Waals surface area contributed by atoms with E-state index in [4.69, 9.17) is 8.83 Å². The zero-order valence-electron chi connectivity index (χ0n) is 8.81. The molecule has 8 heteroatoms. The lowest BCUT2D eigenvalue weighted by molar-refractivity contribution is 0.597. The number of rotatable bonds is 1. The summed E-state index contributed by atoms with van der Waals surface area (Å²) in [5, 5.41) is 15.6. The number of fused-ring (bicyclic) bond motifs is 2. The van der Waals surface area contributed by atoms with Crippen molar-refractivity contribution in [2.75, 3.05) is 0 Å². The molecule has 86 valence electrons. The summed E-state index contributed by atoms with van der Waals surface area (Å²) in [4.78, 5) is 7.96. The van der Waals surface area contributed by atoms with E-state index in [0.717, 1.165) is 0 Å². The van der Waals surface area contributed by atoms with E-state index in [9.17, 15) is 0 Å². The Hall–Kier alpha value is -2.90. The third-order valence-corrected chi connectivity index (χ3v) is 2.54. The van der Waals surface area contributed by atoms with Crippen LogP contribution in [-0.4, -0.2) is 30.4 Å². The molecular formula is C10H4N6O2. The Bertz CT molecular complexity index is 779. The van der Waals surface area contributed by atoms with Crippen molar-refractivity contribution in [1.82, 2.24) is 30.4 Å². The van der Waals surface area contributed by atoms with Gasteiger partial charge in [-0.2, -0.15) is 15.2 Å². The van der Waals surface area contributed by atoms with Gasteiger partial charge < -0.3 is 8.83 Å². The minimum atomic E-state index is 0.408. The van der Waals surface area contributed by atoms with Crippen molar-refractivity contribution < 1.29 is 8.83 Å². The normalized spacial score (nSPS) is 11.3. The molecule has 0 radical (unpaired) electrons. The van der Waals surface area contributed by atoms with Crippen LogP contribution >= 0.6 is 0 Å². The molecule has 0 aromatic carbocycles. The minimum absolute atomic E-state index is 0.408. The molecule has 0 fully saturated rings. The summed E-state index contributed by atoms with van der Waals surface area (Å²) in [5.41, 5.74) is 3.16. The first-order valence-corrected chi connectivity index (χ1v) is 5.03. The van der Waals surface area contributed by atoms with Crippen molar-refractivity contribution in [3.8, 4) is 11.3 Å². The quantitative estimate of drug-likeness (QED) is 0.489. The first-order chi connectivity index (χ1) is 8.93. The first-order valence-electron chi connectivity index (χ1n) is 5.03. The molecule has 0 aliphatic rings. The lowest BCUT2D eigenvalue weighted by Crippen LogP contribution is -1.91. The van der Waals surface area contributed by atoms with Crippen molar-refractivity contribution in [3.05, 3.63) is 25.2 Å². The molecule has 0 bridgehead atoms. The van der Waals surface area contributed by atoms with Crippen LogP contribution in [-0.2, 0) is 0 Å². The second-order valence-corrected chi connectivity index (χ2v) is 3.52. The van der Waals surface area contributed by atoms with Gasteiger partial charge in [-0.1, -0.05) is 0 Å². The Morgan fingerprint density at radius 3 is 2.67 bits per heavy atom. The molecule has 4 heterocycles. The van der Waals surface area contributed by atoms with Gasteiger partial charge >= 0.3 is 0 Å². The second kappa shape index (κ2) is 3.29. The second-order valence-electron chi connectivity index (χ2n) is 3.52. The highest BCUT2D eigenvalue weighted by Crippen LogP contribution is 2.29. The maximum absolute atomic E-state index is 5.31. The van der Waals surface area contributed by atoms with Gasteiger partial charge in [0.25, 0.3) is 0 Å². The highest BCUT2D eigenvalue weighted by atomic mass is 16.3. The average Bonchev–Trinajstić information content (AvgIpc) is 3.06. The summed E-state index contributed by atoms with van der Waals surface area (Å²) >= 11 is 0. The van der Waals surface area contributed by atoms with E-state index in [2.05, 4.69) is 30.4 Å². The van der Waals surface area contributed by atoms with Crippen LogP contribution in [0.5, 0.6) is 0 Å². The molecule has 4 aromatic heterocycles. The van der Waals surface area contributed by atoms with Gasteiger partial charge in [0.1, 0.15) is 11.2 Å². The van der Waals surface area contributed by atoms with Crippen LogP contribution in [0.25, 0.3) is 33.6 Å². The predicted octanol–water partition coefficient (Wildman–Crippen LogP) is 1.22. The highest BCUT2D eigenvalue weighted by molar-refractivity contribution is 5.94. The van der Waals surface area contributed by atoms with Gasteiger partial charge in [-0.3, -0.25) is 0 Å². The number of hydrogen-bond donors (Lipinski definition) is 0. The molecule has 0 saturated heterocycles. The third-order valence-electron chi connectivity index (χ3n) is 2.54. The third kappa shape index (κ3) is 1.14. The zero-order chi connectivity index (χ0) is 11.9. The molecule has 0 spiro atoms. The van der Waals surface area contributed by atoms with Gasteiger partial charge in [0, 0.05) is 0 Å². The van der Waals surface area contributed by atoms with Gasteiger partial charge in [0.15, 0.2) is 24.0 Å². The van der Waals surface area contributed by atoms with E-state index >= 15 is 0 Å². The number of aromatic nitrogens is 6. The SMILES string of the molecule is c1nc2cnnc(-c3cnnc4ncoc34)c2o1. The molecule has 0 atom stereocenters. The number of nitrogens with zero attached hydrogens (tertiary/aromatic N) is 6. The maximum Gasteiger partial charge on any atom is 0.221 e. The van der Waals surface area contributed by atoms with Gasteiger partial charge in [-0.15, -0.1) is 10.2 Å². The van der Waals surface area contributed by atoms with Crippen LogP contribution in [0.2, 0.25) is 0 Å². The Morgan fingerprint density at radius 1 is 0.833 bits per heavy atom. The van der Waals surface area contributed by atoms with Crippen LogP contribution < -0.4 is 0 Å². The molecule has 0 unspecified atom stereocenters. The smallest absolute Gasteiger partial charge is 0.221 e. The maximum atomic E-state index is 5.31. The Kier molecular flexibility index (Phi) is 1.68. The van der Waals surface area contributed by atoms with Crippen LogP contribution in [0.4, 0.5) is 0 Å². The monoisotopic (exact) mass is 240 g/mol. The molecule has 8 nitrogen and oxygen atoms in total. The fourth-order valence-electron chi connectivity index (χ4n) is 1.75. The van der Waals surface area contributed by atoms with E-state index in [1.807, 2.05) is 0 Å². The predicted molar refractivity (Wildman–Crippen MR) is 58.2 cm³/mol. The van der Waals surface area contributed by atoms with Crippen LogP contribution in [0.1, 0.15) is 0 Å². The summed E-state index contributed by atoms with van der Waals surface area (Å²) in [5.74, 6) is 0. The van der Waals surface area contributed by atoms with Crippen LogP contribution in [0.15, 0.2) is 34.0 Å². The van der Waals surface area contributed by atoms with Crippen molar-refractivity contribution in [3.63, 3.8) is 0 Å². The lowest BCUT2D eigenvalue weighted by Gasteiger charge is -1.98. The number of oxazole rings is 2. The molecule has 0 aliphatic heterocycles. The molecular weight excluding hydrogens is 236 g/mol. The van der Waals surface area contributed by atoms with Crippen LogP contribution in [0, 0.1) is 0 Å². The molecule has 0 aliphatic carbocycles. The zero-order valence-corrected chi connectivity index (χ0v) is 8.81. The molecule has 0 saturated carbocycles. The highest BCUT2D eigenvalue weighted by Gasteiger charge is 2.16. The fourth-order valence-corrected chi connectivity index (χ4v) is 1.75. The van der Waals surface area contributed by atoms with Crippen molar-refractivity contribution >= 4 is 22.3 Å². The van der Waals surface area contributed by atoms with Gasteiger partial charge in [0.2, 0.25) is 5.65 Å². The van der Waals surface area contributed by atoms with Crippen molar-refractivity contribution in [2.45, 2.75) is 0 Å². The largest absolute Gasteiger partial charge is 0.441 e. The first kappa shape index (κ1) is 9.16. The summed E-state index contributed by atoms with van der Waals surface area (Å²) in [6, 6.07) is 0. The molecule has 4 rings (SSSR count). The van der Waals surface area contributed by atoms with Gasteiger partial charge in [0.05, 0.1) is 18.0 Å². The minimum Gasteiger partial charge on any atom is -0.441 e. The average molecular weight is 240 g/mol.